The number of benzene rings is 2. The van der Waals surface area contributed by atoms with Gasteiger partial charge in [-0.3, -0.25) is 4.79 Å². The molecule has 0 fully saturated rings. The first kappa shape index (κ1) is 15.2. The SMILES string of the molecule is COc1cccc(NC(=O)Cc2coc3c(C)c(C)ccc23)c1. The van der Waals surface area contributed by atoms with Crippen LogP contribution in [0.4, 0.5) is 5.69 Å². The number of anilines is 1. The van der Waals surface area contributed by atoms with E-state index in [2.05, 4.69) is 11.4 Å². The molecule has 0 aliphatic carbocycles. The first-order valence-electron chi connectivity index (χ1n) is 7.48. The zero-order valence-electron chi connectivity index (χ0n) is 13.5. The molecule has 23 heavy (non-hydrogen) atoms. The molecule has 2 aromatic carbocycles. The van der Waals surface area contributed by atoms with Gasteiger partial charge < -0.3 is 14.5 Å². The van der Waals surface area contributed by atoms with Crippen molar-refractivity contribution in [2.75, 3.05) is 12.4 Å². The molecule has 0 saturated heterocycles. The van der Waals surface area contributed by atoms with Crippen LogP contribution in [-0.4, -0.2) is 13.0 Å². The van der Waals surface area contributed by atoms with Crippen molar-refractivity contribution in [3.63, 3.8) is 0 Å². The lowest BCUT2D eigenvalue weighted by molar-refractivity contribution is -0.115. The number of methoxy groups -OCH3 is 1. The molecule has 1 amide bonds. The highest BCUT2D eigenvalue weighted by molar-refractivity contribution is 5.96. The maximum atomic E-state index is 12.3. The van der Waals surface area contributed by atoms with E-state index in [1.807, 2.05) is 38.1 Å². The lowest BCUT2D eigenvalue weighted by Crippen LogP contribution is -2.14. The summed E-state index contributed by atoms with van der Waals surface area (Å²) in [6.45, 7) is 4.08. The summed E-state index contributed by atoms with van der Waals surface area (Å²) < 4.78 is 10.8. The van der Waals surface area contributed by atoms with E-state index < -0.39 is 0 Å². The van der Waals surface area contributed by atoms with Gasteiger partial charge in [0.2, 0.25) is 5.91 Å². The van der Waals surface area contributed by atoms with Gasteiger partial charge in [-0.05, 0) is 37.1 Å². The third kappa shape index (κ3) is 3.06. The lowest BCUT2D eigenvalue weighted by atomic mass is 10.0. The van der Waals surface area contributed by atoms with Gasteiger partial charge in [0.1, 0.15) is 11.3 Å². The highest BCUT2D eigenvalue weighted by Gasteiger charge is 2.13. The summed E-state index contributed by atoms with van der Waals surface area (Å²) in [4.78, 5) is 12.3. The van der Waals surface area contributed by atoms with Gasteiger partial charge in [0.15, 0.2) is 0 Å². The molecule has 0 spiro atoms. The standard InChI is InChI=1S/C19H19NO3/c1-12-7-8-17-14(11-23-19(17)13(12)2)9-18(21)20-15-5-4-6-16(10-15)22-3/h4-8,10-11H,9H2,1-3H3,(H,20,21). The minimum atomic E-state index is -0.0841. The van der Waals surface area contributed by atoms with E-state index in [0.717, 1.165) is 22.1 Å². The highest BCUT2D eigenvalue weighted by Crippen LogP contribution is 2.27. The van der Waals surface area contributed by atoms with Crippen molar-refractivity contribution in [3.05, 3.63) is 59.4 Å². The van der Waals surface area contributed by atoms with E-state index in [9.17, 15) is 4.79 Å². The van der Waals surface area contributed by atoms with E-state index in [1.54, 1.807) is 19.4 Å². The fourth-order valence-electron chi connectivity index (χ4n) is 2.60. The summed E-state index contributed by atoms with van der Waals surface area (Å²) in [5, 5.41) is 3.88. The third-order valence-electron chi connectivity index (χ3n) is 4.05. The lowest BCUT2D eigenvalue weighted by Gasteiger charge is -2.06. The maximum Gasteiger partial charge on any atom is 0.228 e. The van der Waals surface area contributed by atoms with E-state index in [-0.39, 0.29) is 12.3 Å². The van der Waals surface area contributed by atoms with Crippen molar-refractivity contribution in [2.45, 2.75) is 20.3 Å². The number of nitrogens with one attached hydrogen (secondary N) is 1. The van der Waals surface area contributed by atoms with Crippen LogP contribution in [0.2, 0.25) is 0 Å². The Balaban J connectivity index is 1.79. The smallest absolute Gasteiger partial charge is 0.228 e. The second-order valence-electron chi connectivity index (χ2n) is 5.60. The second-order valence-corrected chi connectivity index (χ2v) is 5.60. The summed E-state index contributed by atoms with van der Waals surface area (Å²) >= 11 is 0. The monoisotopic (exact) mass is 309 g/mol. The normalized spacial score (nSPS) is 10.7. The topological polar surface area (TPSA) is 51.5 Å². The minimum Gasteiger partial charge on any atom is -0.497 e. The van der Waals surface area contributed by atoms with Crippen LogP contribution in [0.25, 0.3) is 11.0 Å². The molecule has 1 N–H and O–H groups in total. The summed E-state index contributed by atoms with van der Waals surface area (Å²) in [5.74, 6) is 0.627. The van der Waals surface area contributed by atoms with Crippen LogP contribution in [0.3, 0.4) is 0 Å². The molecule has 0 bridgehead atoms. The largest absolute Gasteiger partial charge is 0.497 e. The molecule has 0 radical (unpaired) electrons. The maximum absolute atomic E-state index is 12.3. The number of hydrogen-bond donors (Lipinski definition) is 1. The molecule has 0 saturated carbocycles. The van der Waals surface area contributed by atoms with Crippen LogP contribution >= 0.6 is 0 Å². The molecular weight excluding hydrogens is 290 g/mol. The quantitative estimate of drug-likeness (QED) is 0.784. The Morgan fingerprint density at radius 1 is 1.22 bits per heavy atom. The van der Waals surface area contributed by atoms with Gasteiger partial charge in [0.05, 0.1) is 19.8 Å². The van der Waals surface area contributed by atoms with Gasteiger partial charge in [0.25, 0.3) is 0 Å². The number of ether oxygens (including phenoxy) is 1. The predicted molar refractivity (Wildman–Crippen MR) is 91.0 cm³/mol. The molecule has 0 aliphatic heterocycles. The van der Waals surface area contributed by atoms with E-state index >= 15 is 0 Å². The van der Waals surface area contributed by atoms with Crippen molar-refractivity contribution in [3.8, 4) is 5.75 Å². The fourth-order valence-corrected chi connectivity index (χ4v) is 2.60. The van der Waals surface area contributed by atoms with Gasteiger partial charge in [0, 0.05) is 22.7 Å². The van der Waals surface area contributed by atoms with Crippen LogP contribution < -0.4 is 10.1 Å². The number of amides is 1. The average molecular weight is 309 g/mol. The van der Waals surface area contributed by atoms with Gasteiger partial charge in [-0.1, -0.05) is 18.2 Å². The van der Waals surface area contributed by atoms with Crippen molar-refractivity contribution in [1.82, 2.24) is 0 Å². The highest BCUT2D eigenvalue weighted by atomic mass is 16.5. The molecule has 4 nitrogen and oxygen atoms in total. The number of rotatable bonds is 4. The Hall–Kier alpha value is -2.75. The van der Waals surface area contributed by atoms with Crippen LogP contribution in [0.15, 0.2) is 47.1 Å². The van der Waals surface area contributed by atoms with Crippen molar-refractivity contribution in [2.24, 2.45) is 0 Å². The van der Waals surface area contributed by atoms with E-state index in [4.69, 9.17) is 9.15 Å². The molecule has 3 rings (SSSR count). The Morgan fingerprint density at radius 2 is 2.04 bits per heavy atom. The third-order valence-corrected chi connectivity index (χ3v) is 4.05. The summed E-state index contributed by atoms with van der Waals surface area (Å²) in [7, 11) is 1.60. The molecular formula is C19H19NO3. The van der Waals surface area contributed by atoms with Gasteiger partial charge >= 0.3 is 0 Å². The van der Waals surface area contributed by atoms with Crippen LogP contribution in [0.1, 0.15) is 16.7 Å². The number of carbonyl (C=O) groups excluding carboxylic acids is 1. The minimum absolute atomic E-state index is 0.0841. The van der Waals surface area contributed by atoms with Gasteiger partial charge in [-0.2, -0.15) is 0 Å². The van der Waals surface area contributed by atoms with E-state index in [1.165, 1.54) is 5.56 Å². The number of furan rings is 1. The molecule has 1 heterocycles. The Morgan fingerprint density at radius 3 is 2.83 bits per heavy atom. The summed E-state index contributed by atoms with van der Waals surface area (Å²) in [5.41, 5.74) is 4.76. The summed E-state index contributed by atoms with van der Waals surface area (Å²) in [6.07, 6.45) is 1.94. The van der Waals surface area contributed by atoms with Crippen LogP contribution in [-0.2, 0) is 11.2 Å². The van der Waals surface area contributed by atoms with Crippen LogP contribution in [0, 0.1) is 13.8 Å². The number of hydrogen-bond acceptors (Lipinski definition) is 3. The zero-order chi connectivity index (χ0) is 16.4. The number of aryl methyl sites for hydroxylation is 2. The molecule has 0 aliphatic rings. The Bertz CT molecular complexity index is 864. The predicted octanol–water partition coefficient (Wildman–Crippen LogP) is 4.24. The summed E-state index contributed by atoms with van der Waals surface area (Å²) in [6, 6.07) is 11.4. The van der Waals surface area contributed by atoms with Crippen molar-refractivity contribution >= 4 is 22.6 Å². The Labute approximate surface area is 135 Å². The van der Waals surface area contributed by atoms with Crippen molar-refractivity contribution < 1.29 is 13.9 Å². The van der Waals surface area contributed by atoms with Crippen molar-refractivity contribution in [1.29, 1.82) is 0 Å². The Kier molecular flexibility index (Phi) is 4.06. The zero-order valence-corrected chi connectivity index (χ0v) is 13.5. The fraction of sp³-hybridized carbons (Fsp3) is 0.211. The molecule has 0 atom stereocenters. The first-order valence-corrected chi connectivity index (χ1v) is 7.48. The molecule has 0 unspecified atom stereocenters. The molecule has 3 aromatic rings. The molecule has 118 valence electrons. The average Bonchev–Trinajstić information content (AvgIpc) is 2.94. The van der Waals surface area contributed by atoms with Crippen LogP contribution in [0.5, 0.6) is 5.75 Å². The van der Waals surface area contributed by atoms with Gasteiger partial charge in [-0.15, -0.1) is 0 Å². The second kappa shape index (κ2) is 6.16. The first-order chi connectivity index (χ1) is 11.1. The van der Waals surface area contributed by atoms with Gasteiger partial charge in [-0.25, -0.2) is 0 Å². The molecule has 1 aromatic heterocycles. The van der Waals surface area contributed by atoms with E-state index in [0.29, 0.717) is 11.4 Å². The molecule has 4 heteroatoms. The number of fused-ring (bicyclic) bond motifs is 1. The number of carbonyl (C=O) groups is 1.